The van der Waals surface area contributed by atoms with Crippen LogP contribution in [0.3, 0.4) is 0 Å². The molecule has 168 valence electrons. The van der Waals surface area contributed by atoms with Gasteiger partial charge in [0.15, 0.2) is 0 Å². The smallest absolute Gasteiger partial charge is 0.240 e. The topological polar surface area (TPSA) is 52.7 Å². The molecule has 32 heavy (non-hydrogen) atoms. The van der Waals surface area contributed by atoms with Crippen LogP contribution in [0.25, 0.3) is 0 Å². The molecule has 0 saturated carbocycles. The van der Waals surface area contributed by atoms with Gasteiger partial charge in [0.2, 0.25) is 10.0 Å². The number of nitrogens with one attached hydrogen (secondary N) is 1. The molecular weight excluding hydrogens is 442 g/mol. The van der Waals surface area contributed by atoms with Crippen LogP contribution in [0.15, 0.2) is 83.8 Å². The van der Waals surface area contributed by atoms with Gasteiger partial charge in [-0.3, -0.25) is 4.90 Å². The van der Waals surface area contributed by atoms with E-state index in [1.807, 2.05) is 55.5 Å². The molecule has 0 aromatic heterocycles. The Kier molecular flexibility index (Phi) is 7.16. The van der Waals surface area contributed by atoms with E-state index in [9.17, 15) is 8.42 Å². The van der Waals surface area contributed by atoms with Gasteiger partial charge in [0.25, 0.3) is 0 Å². The second kappa shape index (κ2) is 10.0. The SMILES string of the molecule is Cc1ccc(S(=O)(=O)NCC(c2ccccc2)N2CCN(c3cccc(Cl)c3)CC2)cc1. The van der Waals surface area contributed by atoms with Gasteiger partial charge in [-0.15, -0.1) is 0 Å². The Morgan fingerprint density at radius 2 is 1.59 bits per heavy atom. The van der Waals surface area contributed by atoms with Gasteiger partial charge < -0.3 is 4.90 Å². The Morgan fingerprint density at radius 3 is 2.25 bits per heavy atom. The maximum atomic E-state index is 12.9. The number of piperazine rings is 1. The molecule has 1 unspecified atom stereocenters. The Bertz CT molecular complexity index is 1130. The zero-order valence-corrected chi connectivity index (χ0v) is 19.7. The predicted molar refractivity (Wildman–Crippen MR) is 131 cm³/mol. The molecule has 0 amide bonds. The number of halogens is 1. The molecule has 1 fully saturated rings. The number of benzene rings is 3. The van der Waals surface area contributed by atoms with Gasteiger partial charge in [-0.25, -0.2) is 13.1 Å². The first-order chi connectivity index (χ1) is 15.4. The van der Waals surface area contributed by atoms with Crippen LogP contribution in [0, 0.1) is 6.92 Å². The van der Waals surface area contributed by atoms with E-state index >= 15 is 0 Å². The lowest BCUT2D eigenvalue weighted by Gasteiger charge is -2.40. The van der Waals surface area contributed by atoms with E-state index in [1.54, 1.807) is 12.1 Å². The molecule has 0 bridgehead atoms. The molecular formula is C25H28ClN3O2S. The predicted octanol–water partition coefficient (Wildman–Crippen LogP) is 4.49. The van der Waals surface area contributed by atoms with Crippen molar-refractivity contribution >= 4 is 27.3 Å². The Balaban J connectivity index is 1.48. The summed E-state index contributed by atoms with van der Waals surface area (Å²) in [5, 5.41) is 0.734. The molecule has 1 heterocycles. The molecule has 1 atom stereocenters. The summed E-state index contributed by atoms with van der Waals surface area (Å²) < 4.78 is 28.6. The number of rotatable bonds is 7. The first kappa shape index (κ1) is 22.8. The van der Waals surface area contributed by atoms with E-state index in [-0.39, 0.29) is 6.04 Å². The minimum atomic E-state index is -3.58. The van der Waals surface area contributed by atoms with E-state index < -0.39 is 10.0 Å². The summed E-state index contributed by atoms with van der Waals surface area (Å²) in [6.07, 6.45) is 0. The molecule has 4 rings (SSSR count). The third-order valence-corrected chi connectivity index (χ3v) is 7.59. The quantitative estimate of drug-likeness (QED) is 0.554. The fourth-order valence-electron chi connectivity index (χ4n) is 4.09. The van der Waals surface area contributed by atoms with Crippen molar-refractivity contribution in [3.63, 3.8) is 0 Å². The summed E-state index contributed by atoms with van der Waals surface area (Å²) in [5.41, 5.74) is 3.26. The van der Waals surface area contributed by atoms with Crippen LogP contribution in [0.5, 0.6) is 0 Å². The summed E-state index contributed by atoms with van der Waals surface area (Å²) >= 11 is 6.16. The zero-order valence-electron chi connectivity index (χ0n) is 18.1. The van der Waals surface area contributed by atoms with E-state index in [0.29, 0.717) is 11.4 Å². The average molecular weight is 470 g/mol. The highest BCUT2D eigenvalue weighted by Crippen LogP contribution is 2.26. The minimum absolute atomic E-state index is 0.0436. The normalized spacial score (nSPS) is 16.1. The van der Waals surface area contributed by atoms with Gasteiger partial charge in [0.05, 0.1) is 4.90 Å². The first-order valence-corrected chi connectivity index (χ1v) is 12.6. The molecule has 1 aliphatic heterocycles. The number of nitrogens with zero attached hydrogens (tertiary/aromatic N) is 2. The third-order valence-electron chi connectivity index (χ3n) is 5.91. The van der Waals surface area contributed by atoms with Crippen LogP contribution in [-0.4, -0.2) is 46.0 Å². The summed E-state index contributed by atoms with van der Waals surface area (Å²) in [6, 6.07) is 24.9. The largest absolute Gasteiger partial charge is 0.369 e. The second-order valence-electron chi connectivity index (χ2n) is 8.09. The number of anilines is 1. The summed E-state index contributed by atoms with van der Waals surface area (Å²) in [4.78, 5) is 4.97. The number of hydrogen-bond acceptors (Lipinski definition) is 4. The molecule has 1 N–H and O–H groups in total. The highest BCUT2D eigenvalue weighted by atomic mass is 35.5. The zero-order chi connectivity index (χ0) is 22.6. The first-order valence-electron chi connectivity index (χ1n) is 10.8. The van der Waals surface area contributed by atoms with Crippen molar-refractivity contribution < 1.29 is 8.42 Å². The fraction of sp³-hybridized carbons (Fsp3) is 0.280. The van der Waals surface area contributed by atoms with Gasteiger partial charge in [-0.1, -0.05) is 65.7 Å². The van der Waals surface area contributed by atoms with Crippen LogP contribution < -0.4 is 9.62 Å². The molecule has 3 aromatic carbocycles. The Labute approximate surface area is 195 Å². The highest BCUT2D eigenvalue weighted by molar-refractivity contribution is 7.89. The third kappa shape index (κ3) is 5.51. The van der Waals surface area contributed by atoms with E-state index in [2.05, 4.69) is 32.7 Å². The standard InChI is InChI=1S/C25H28ClN3O2S/c1-20-10-12-24(13-11-20)32(30,31)27-19-25(21-6-3-2-4-7-21)29-16-14-28(15-17-29)23-9-5-8-22(26)18-23/h2-13,18,25,27H,14-17,19H2,1H3. The van der Waals surface area contributed by atoms with Crippen molar-refractivity contribution in [1.29, 1.82) is 0 Å². The lowest BCUT2D eigenvalue weighted by Crippen LogP contribution is -2.49. The highest BCUT2D eigenvalue weighted by Gasteiger charge is 2.27. The van der Waals surface area contributed by atoms with Crippen LogP contribution in [0.4, 0.5) is 5.69 Å². The second-order valence-corrected chi connectivity index (χ2v) is 10.3. The lowest BCUT2D eigenvalue weighted by atomic mass is 10.0. The van der Waals surface area contributed by atoms with E-state index in [1.165, 1.54) is 0 Å². The number of aryl methyl sites for hydroxylation is 1. The van der Waals surface area contributed by atoms with Crippen molar-refractivity contribution in [2.24, 2.45) is 0 Å². The summed E-state index contributed by atoms with van der Waals surface area (Å²) in [7, 11) is -3.58. The van der Waals surface area contributed by atoms with Crippen molar-refractivity contribution in [2.45, 2.75) is 17.9 Å². The summed E-state index contributed by atoms with van der Waals surface area (Å²) in [5.74, 6) is 0. The number of sulfonamides is 1. The van der Waals surface area contributed by atoms with Crippen molar-refractivity contribution in [2.75, 3.05) is 37.6 Å². The van der Waals surface area contributed by atoms with Gasteiger partial charge in [0.1, 0.15) is 0 Å². The van der Waals surface area contributed by atoms with Crippen LogP contribution >= 0.6 is 11.6 Å². The lowest BCUT2D eigenvalue weighted by molar-refractivity contribution is 0.187. The molecule has 0 spiro atoms. The maximum absolute atomic E-state index is 12.9. The molecule has 0 radical (unpaired) electrons. The maximum Gasteiger partial charge on any atom is 0.240 e. The van der Waals surface area contributed by atoms with Crippen molar-refractivity contribution in [3.05, 3.63) is 95.0 Å². The Morgan fingerprint density at radius 1 is 0.906 bits per heavy atom. The van der Waals surface area contributed by atoms with Gasteiger partial charge in [0, 0.05) is 49.5 Å². The van der Waals surface area contributed by atoms with Crippen LogP contribution in [0.1, 0.15) is 17.2 Å². The molecule has 0 aliphatic carbocycles. The van der Waals surface area contributed by atoms with Crippen molar-refractivity contribution in [1.82, 2.24) is 9.62 Å². The molecule has 7 heteroatoms. The van der Waals surface area contributed by atoms with Crippen molar-refractivity contribution in [3.8, 4) is 0 Å². The van der Waals surface area contributed by atoms with Gasteiger partial charge in [-0.05, 0) is 42.8 Å². The van der Waals surface area contributed by atoms with E-state index in [4.69, 9.17) is 11.6 Å². The minimum Gasteiger partial charge on any atom is -0.369 e. The fourth-order valence-corrected chi connectivity index (χ4v) is 5.31. The molecule has 3 aromatic rings. The monoisotopic (exact) mass is 469 g/mol. The molecule has 1 saturated heterocycles. The summed E-state index contributed by atoms with van der Waals surface area (Å²) in [6.45, 7) is 5.63. The van der Waals surface area contributed by atoms with Gasteiger partial charge in [-0.2, -0.15) is 0 Å². The van der Waals surface area contributed by atoms with Crippen LogP contribution in [0.2, 0.25) is 5.02 Å². The average Bonchev–Trinajstić information content (AvgIpc) is 2.80. The van der Waals surface area contributed by atoms with Gasteiger partial charge >= 0.3 is 0 Å². The molecule has 5 nitrogen and oxygen atoms in total. The number of hydrogen-bond donors (Lipinski definition) is 1. The van der Waals surface area contributed by atoms with E-state index in [0.717, 1.165) is 48.0 Å². The van der Waals surface area contributed by atoms with Crippen LogP contribution in [-0.2, 0) is 10.0 Å². The molecule has 1 aliphatic rings. The Hall–Kier alpha value is -2.38.